The summed E-state index contributed by atoms with van der Waals surface area (Å²) in [4.78, 5) is 2.22. The minimum Gasteiger partial charge on any atom is -0.398 e. The summed E-state index contributed by atoms with van der Waals surface area (Å²) >= 11 is 0. The molecule has 2 N–H and O–H groups in total. The van der Waals surface area contributed by atoms with Crippen LogP contribution in [0.5, 0.6) is 0 Å². The molecular weight excluding hydrogens is 200 g/mol. The number of likely N-dealkylation sites (N-methyl/N-ethyl adjacent to an activating group) is 1. The minimum atomic E-state index is 0.301. The van der Waals surface area contributed by atoms with E-state index >= 15 is 0 Å². The van der Waals surface area contributed by atoms with Crippen molar-refractivity contribution in [2.75, 3.05) is 25.9 Å². The van der Waals surface area contributed by atoms with Crippen molar-refractivity contribution in [3.05, 3.63) is 29.8 Å². The number of rotatable bonds is 6. The zero-order chi connectivity index (χ0) is 12.0. The molecule has 1 aromatic carbocycles. The van der Waals surface area contributed by atoms with Crippen LogP contribution in [0.15, 0.2) is 24.3 Å². The molecule has 0 amide bonds. The van der Waals surface area contributed by atoms with Crippen molar-refractivity contribution < 1.29 is 4.74 Å². The number of anilines is 1. The number of hydrogen-bond acceptors (Lipinski definition) is 3. The van der Waals surface area contributed by atoms with E-state index in [9.17, 15) is 0 Å². The Morgan fingerprint density at radius 2 is 2.00 bits per heavy atom. The third-order valence-electron chi connectivity index (χ3n) is 2.42. The molecule has 0 spiro atoms. The van der Waals surface area contributed by atoms with Gasteiger partial charge in [-0.25, -0.2) is 0 Å². The summed E-state index contributed by atoms with van der Waals surface area (Å²) in [6.07, 6.45) is 0.301. The number of nitrogens with zero attached hydrogens (tertiary/aromatic N) is 1. The summed E-state index contributed by atoms with van der Waals surface area (Å²) < 4.78 is 5.51. The fraction of sp³-hybridized carbons (Fsp3) is 0.538. The van der Waals surface area contributed by atoms with E-state index in [-0.39, 0.29) is 0 Å². The van der Waals surface area contributed by atoms with Crippen molar-refractivity contribution in [2.24, 2.45) is 0 Å². The smallest absolute Gasteiger partial charge is 0.0596 e. The van der Waals surface area contributed by atoms with E-state index < -0.39 is 0 Å². The van der Waals surface area contributed by atoms with Gasteiger partial charge in [0.25, 0.3) is 0 Å². The van der Waals surface area contributed by atoms with Gasteiger partial charge in [-0.15, -0.1) is 0 Å². The Morgan fingerprint density at radius 1 is 1.31 bits per heavy atom. The molecular formula is C13H22N2O. The SMILES string of the molecule is CC(C)OCCN(C)Cc1ccccc1N. The third-order valence-corrected chi connectivity index (χ3v) is 2.42. The fourth-order valence-electron chi connectivity index (χ4n) is 1.49. The zero-order valence-corrected chi connectivity index (χ0v) is 10.4. The molecule has 0 unspecified atom stereocenters. The number of para-hydroxylation sites is 1. The van der Waals surface area contributed by atoms with Gasteiger partial charge in [-0.1, -0.05) is 18.2 Å². The van der Waals surface area contributed by atoms with Crippen LogP contribution in [0.25, 0.3) is 0 Å². The quantitative estimate of drug-likeness (QED) is 0.749. The van der Waals surface area contributed by atoms with Crippen LogP contribution in [0.2, 0.25) is 0 Å². The molecule has 0 radical (unpaired) electrons. The number of ether oxygens (including phenoxy) is 1. The zero-order valence-electron chi connectivity index (χ0n) is 10.4. The van der Waals surface area contributed by atoms with Crippen LogP contribution in [-0.2, 0) is 11.3 Å². The molecule has 1 aromatic rings. The van der Waals surface area contributed by atoms with Gasteiger partial charge in [-0.05, 0) is 32.5 Å². The highest BCUT2D eigenvalue weighted by molar-refractivity contribution is 5.46. The summed E-state index contributed by atoms with van der Waals surface area (Å²) in [5.74, 6) is 0. The maximum atomic E-state index is 5.89. The molecule has 0 saturated carbocycles. The van der Waals surface area contributed by atoms with Crippen molar-refractivity contribution in [1.82, 2.24) is 4.90 Å². The lowest BCUT2D eigenvalue weighted by Gasteiger charge is -2.18. The fourth-order valence-corrected chi connectivity index (χ4v) is 1.49. The molecule has 0 saturated heterocycles. The Labute approximate surface area is 98.2 Å². The lowest BCUT2D eigenvalue weighted by atomic mass is 10.2. The van der Waals surface area contributed by atoms with Crippen LogP contribution in [0.3, 0.4) is 0 Å². The van der Waals surface area contributed by atoms with Crippen LogP contribution in [0.4, 0.5) is 5.69 Å². The van der Waals surface area contributed by atoms with Gasteiger partial charge in [0.15, 0.2) is 0 Å². The van der Waals surface area contributed by atoms with E-state index in [0.29, 0.717) is 6.10 Å². The number of benzene rings is 1. The van der Waals surface area contributed by atoms with Crippen LogP contribution in [-0.4, -0.2) is 31.2 Å². The average Bonchev–Trinajstić information content (AvgIpc) is 2.21. The highest BCUT2D eigenvalue weighted by Gasteiger charge is 2.03. The molecule has 90 valence electrons. The number of nitrogen functional groups attached to an aromatic ring is 1. The van der Waals surface area contributed by atoms with Crippen molar-refractivity contribution >= 4 is 5.69 Å². The van der Waals surface area contributed by atoms with E-state index in [4.69, 9.17) is 10.5 Å². The maximum Gasteiger partial charge on any atom is 0.0596 e. The standard InChI is InChI=1S/C13H22N2O/c1-11(2)16-9-8-15(3)10-12-6-4-5-7-13(12)14/h4-7,11H,8-10,14H2,1-3H3. The minimum absolute atomic E-state index is 0.301. The Kier molecular flexibility index (Phi) is 5.29. The van der Waals surface area contributed by atoms with E-state index in [1.807, 2.05) is 18.2 Å². The Morgan fingerprint density at radius 3 is 2.62 bits per heavy atom. The molecule has 0 aromatic heterocycles. The number of hydrogen-bond donors (Lipinski definition) is 1. The van der Waals surface area contributed by atoms with Gasteiger partial charge in [-0.2, -0.15) is 0 Å². The van der Waals surface area contributed by atoms with Crippen LogP contribution in [0, 0.1) is 0 Å². The van der Waals surface area contributed by atoms with Crippen molar-refractivity contribution in [3.8, 4) is 0 Å². The molecule has 16 heavy (non-hydrogen) atoms. The van der Waals surface area contributed by atoms with E-state index in [2.05, 4.69) is 31.9 Å². The second kappa shape index (κ2) is 6.51. The van der Waals surface area contributed by atoms with Gasteiger partial charge in [0.1, 0.15) is 0 Å². The topological polar surface area (TPSA) is 38.5 Å². The second-order valence-corrected chi connectivity index (χ2v) is 4.36. The first-order chi connectivity index (χ1) is 7.59. The van der Waals surface area contributed by atoms with E-state index in [0.717, 1.165) is 25.4 Å². The monoisotopic (exact) mass is 222 g/mol. The lowest BCUT2D eigenvalue weighted by molar-refractivity contribution is 0.0627. The molecule has 0 bridgehead atoms. The van der Waals surface area contributed by atoms with Crippen LogP contribution in [0.1, 0.15) is 19.4 Å². The van der Waals surface area contributed by atoms with E-state index in [1.165, 1.54) is 5.56 Å². The number of nitrogens with two attached hydrogens (primary N) is 1. The Hall–Kier alpha value is -1.06. The predicted molar refractivity (Wildman–Crippen MR) is 68.3 cm³/mol. The normalized spacial score (nSPS) is 11.3. The van der Waals surface area contributed by atoms with Crippen LogP contribution < -0.4 is 5.73 Å². The van der Waals surface area contributed by atoms with Gasteiger partial charge in [0, 0.05) is 18.8 Å². The van der Waals surface area contributed by atoms with Gasteiger partial charge in [-0.3, -0.25) is 4.90 Å². The highest BCUT2D eigenvalue weighted by Crippen LogP contribution is 2.12. The molecule has 0 atom stereocenters. The summed E-state index contributed by atoms with van der Waals surface area (Å²) in [5, 5.41) is 0. The first-order valence-electron chi connectivity index (χ1n) is 5.73. The molecule has 0 heterocycles. The molecule has 0 fully saturated rings. The molecule has 3 nitrogen and oxygen atoms in total. The van der Waals surface area contributed by atoms with Gasteiger partial charge in [0.05, 0.1) is 12.7 Å². The molecule has 0 aliphatic carbocycles. The molecule has 3 heteroatoms. The summed E-state index contributed by atoms with van der Waals surface area (Å²) in [5.41, 5.74) is 7.92. The van der Waals surface area contributed by atoms with Gasteiger partial charge >= 0.3 is 0 Å². The Bertz CT molecular complexity index is 313. The average molecular weight is 222 g/mol. The largest absolute Gasteiger partial charge is 0.398 e. The first kappa shape index (κ1) is 13.0. The second-order valence-electron chi connectivity index (χ2n) is 4.36. The van der Waals surface area contributed by atoms with Gasteiger partial charge < -0.3 is 10.5 Å². The van der Waals surface area contributed by atoms with E-state index in [1.54, 1.807) is 0 Å². The van der Waals surface area contributed by atoms with Gasteiger partial charge in [0.2, 0.25) is 0 Å². The Balaban J connectivity index is 2.34. The summed E-state index contributed by atoms with van der Waals surface area (Å²) in [6, 6.07) is 7.98. The summed E-state index contributed by atoms with van der Waals surface area (Å²) in [7, 11) is 2.08. The summed E-state index contributed by atoms with van der Waals surface area (Å²) in [6.45, 7) is 6.66. The molecule has 1 rings (SSSR count). The molecule has 0 aliphatic heterocycles. The van der Waals surface area contributed by atoms with Crippen LogP contribution >= 0.6 is 0 Å². The third kappa shape index (κ3) is 4.64. The lowest BCUT2D eigenvalue weighted by Crippen LogP contribution is -2.24. The van der Waals surface area contributed by atoms with Crippen molar-refractivity contribution in [1.29, 1.82) is 0 Å². The predicted octanol–water partition coefficient (Wildman–Crippen LogP) is 2.13. The van der Waals surface area contributed by atoms with Crippen molar-refractivity contribution in [2.45, 2.75) is 26.5 Å². The molecule has 0 aliphatic rings. The van der Waals surface area contributed by atoms with Crippen molar-refractivity contribution in [3.63, 3.8) is 0 Å². The first-order valence-corrected chi connectivity index (χ1v) is 5.73. The maximum absolute atomic E-state index is 5.89. The highest BCUT2D eigenvalue weighted by atomic mass is 16.5.